The maximum atomic E-state index is 12.3. The van der Waals surface area contributed by atoms with Crippen molar-refractivity contribution >= 4 is 5.97 Å². The van der Waals surface area contributed by atoms with Crippen LogP contribution in [0.1, 0.15) is 12.5 Å². The number of para-hydroxylation sites is 1. The summed E-state index contributed by atoms with van der Waals surface area (Å²) in [5, 5.41) is 4.06. The Morgan fingerprint density at radius 3 is 2.70 bits per heavy atom. The first-order valence-corrected chi connectivity index (χ1v) is 6.16. The molecule has 0 aliphatic heterocycles. The maximum absolute atomic E-state index is 12.3. The van der Waals surface area contributed by atoms with E-state index in [2.05, 4.69) is 10.1 Å². The van der Waals surface area contributed by atoms with Crippen molar-refractivity contribution in [2.75, 3.05) is 14.2 Å². The van der Waals surface area contributed by atoms with Crippen molar-refractivity contribution in [3.63, 3.8) is 0 Å². The molecule has 0 radical (unpaired) electrons. The second-order valence-electron chi connectivity index (χ2n) is 4.62. The highest BCUT2D eigenvalue weighted by molar-refractivity contribution is 5.83. The van der Waals surface area contributed by atoms with E-state index in [1.54, 1.807) is 25.0 Å². The van der Waals surface area contributed by atoms with Crippen molar-refractivity contribution in [3.05, 3.63) is 42.5 Å². The molecular formula is C14H17N3O3. The van der Waals surface area contributed by atoms with Crippen LogP contribution in [0.5, 0.6) is 5.75 Å². The summed E-state index contributed by atoms with van der Waals surface area (Å²) in [6.07, 6.45) is 3.00. The Kier molecular flexibility index (Phi) is 4.02. The monoisotopic (exact) mass is 275 g/mol. The summed E-state index contributed by atoms with van der Waals surface area (Å²) in [4.78, 5) is 16.2. The summed E-state index contributed by atoms with van der Waals surface area (Å²) in [7, 11) is 2.95. The van der Waals surface area contributed by atoms with Gasteiger partial charge in [0.1, 0.15) is 23.8 Å². The van der Waals surface area contributed by atoms with Crippen molar-refractivity contribution in [2.24, 2.45) is 0 Å². The number of esters is 1. The average molecular weight is 275 g/mol. The summed E-state index contributed by atoms with van der Waals surface area (Å²) in [6.45, 7) is 2.12. The van der Waals surface area contributed by atoms with Gasteiger partial charge in [-0.1, -0.05) is 18.2 Å². The van der Waals surface area contributed by atoms with Crippen LogP contribution in [0, 0.1) is 0 Å². The summed E-state index contributed by atoms with van der Waals surface area (Å²) in [6, 6.07) is 7.39. The molecule has 0 N–H and O–H groups in total. The topological polar surface area (TPSA) is 66.2 Å². The second kappa shape index (κ2) is 5.73. The Labute approximate surface area is 117 Å². The lowest BCUT2D eigenvalue weighted by atomic mass is 9.81. The number of methoxy groups -OCH3 is 2. The molecule has 2 rings (SSSR count). The summed E-state index contributed by atoms with van der Waals surface area (Å²) in [5.41, 5.74) is -0.153. The lowest BCUT2D eigenvalue weighted by molar-refractivity contribution is -0.147. The third-order valence-electron chi connectivity index (χ3n) is 3.28. The van der Waals surface area contributed by atoms with Gasteiger partial charge in [-0.05, 0) is 13.0 Å². The van der Waals surface area contributed by atoms with E-state index < -0.39 is 5.41 Å². The predicted octanol–water partition coefficient (Wildman–Crippen LogP) is 1.42. The Morgan fingerprint density at radius 1 is 1.35 bits per heavy atom. The number of hydrogen-bond acceptors (Lipinski definition) is 5. The van der Waals surface area contributed by atoms with Crippen molar-refractivity contribution < 1.29 is 14.3 Å². The lowest BCUT2D eigenvalue weighted by Gasteiger charge is -2.28. The zero-order valence-electron chi connectivity index (χ0n) is 11.7. The fourth-order valence-electron chi connectivity index (χ4n) is 2.22. The minimum atomic E-state index is -0.908. The van der Waals surface area contributed by atoms with Gasteiger partial charge in [-0.3, -0.25) is 9.48 Å². The molecule has 6 heteroatoms. The molecule has 20 heavy (non-hydrogen) atoms. The first-order chi connectivity index (χ1) is 9.61. The number of rotatable bonds is 5. The van der Waals surface area contributed by atoms with Gasteiger partial charge in [-0.25, -0.2) is 4.98 Å². The Morgan fingerprint density at radius 2 is 2.10 bits per heavy atom. The SMILES string of the molecule is COC(=O)C(C)(Cn1cncn1)c1ccccc1OC. The van der Waals surface area contributed by atoms with Gasteiger partial charge in [0.2, 0.25) is 0 Å². The van der Waals surface area contributed by atoms with Crippen molar-refractivity contribution in [3.8, 4) is 5.75 Å². The normalized spacial score (nSPS) is 13.6. The van der Waals surface area contributed by atoms with Crippen LogP contribution in [-0.4, -0.2) is 35.0 Å². The molecule has 1 aromatic carbocycles. The Balaban J connectivity index is 2.48. The highest BCUT2D eigenvalue weighted by Gasteiger charge is 2.39. The van der Waals surface area contributed by atoms with Crippen LogP contribution >= 0.6 is 0 Å². The molecule has 0 aliphatic carbocycles. The molecule has 1 heterocycles. The number of carbonyl (C=O) groups excluding carboxylic acids is 1. The van der Waals surface area contributed by atoms with Crippen molar-refractivity contribution in [1.29, 1.82) is 0 Å². The number of aromatic nitrogens is 3. The largest absolute Gasteiger partial charge is 0.496 e. The van der Waals surface area contributed by atoms with E-state index in [1.807, 2.05) is 24.3 Å². The van der Waals surface area contributed by atoms with Crippen LogP contribution in [0.4, 0.5) is 0 Å². The highest BCUT2D eigenvalue weighted by atomic mass is 16.5. The Hall–Kier alpha value is -2.37. The van der Waals surface area contributed by atoms with Gasteiger partial charge in [-0.15, -0.1) is 0 Å². The zero-order valence-corrected chi connectivity index (χ0v) is 11.7. The quantitative estimate of drug-likeness (QED) is 0.772. The minimum Gasteiger partial charge on any atom is -0.496 e. The fourth-order valence-corrected chi connectivity index (χ4v) is 2.22. The number of carbonyl (C=O) groups is 1. The van der Waals surface area contributed by atoms with Crippen LogP contribution in [0.25, 0.3) is 0 Å². The minimum absolute atomic E-state index is 0.319. The van der Waals surface area contributed by atoms with Crippen molar-refractivity contribution in [1.82, 2.24) is 14.8 Å². The molecule has 0 fully saturated rings. The van der Waals surface area contributed by atoms with Crippen LogP contribution < -0.4 is 4.74 Å². The van der Waals surface area contributed by atoms with E-state index >= 15 is 0 Å². The van der Waals surface area contributed by atoms with Gasteiger partial charge < -0.3 is 9.47 Å². The summed E-state index contributed by atoms with van der Waals surface area (Å²) < 4.78 is 11.9. The molecule has 1 atom stereocenters. The van der Waals surface area contributed by atoms with Crippen LogP contribution in [0.3, 0.4) is 0 Å². The number of hydrogen-bond donors (Lipinski definition) is 0. The molecule has 1 unspecified atom stereocenters. The van der Waals surface area contributed by atoms with E-state index in [1.165, 1.54) is 13.4 Å². The maximum Gasteiger partial charge on any atom is 0.318 e. The standard InChI is InChI=1S/C14H17N3O3/c1-14(13(18)20-3,8-17-10-15-9-16-17)11-6-4-5-7-12(11)19-2/h4-7,9-10H,8H2,1-3H3. The molecule has 0 saturated carbocycles. The Bertz CT molecular complexity index is 583. The van der Waals surface area contributed by atoms with Crippen LogP contribution in [0.15, 0.2) is 36.9 Å². The van der Waals surface area contributed by atoms with Crippen molar-refractivity contribution in [2.45, 2.75) is 18.9 Å². The molecule has 0 bridgehead atoms. The first kappa shape index (κ1) is 14.0. The van der Waals surface area contributed by atoms with Gasteiger partial charge >= 0.3 is 5.97 Å². The molecule has 0 aliphatic rings. The number of nitrogens with zero attached hydrogens (tertiary/aromatic N) is 3. The smallest absolute Gasteiger partial charge is 0.318 e. The predicted molar refractivity (Wildman–Crippen MR) is 72.4 cm³/mol. The van der Waals surface area contributed by atoms with Gasteiger partial charge in [-0.2, -0.15) is 5.10 Å². The van der Waals surface area contributed by atoms with E-state index in [9.17, 15) is 4.79 Å². The molecule has 0 saturated heterocycles. The van der Waals surface area contributed by atoms with Gasteiger partial charge in [0.25, 0.3) is 0 Å². The molecule has 0 spiro atoms. The van der Waals surface area contributed by atoms with Gasteiger partial charge in [0.15, 0.2) is 0 Å². The summed E-state index contributed by atoms with van der Waals surface area (Å²) >= 11 is 0. The summed E-state index contributed by atoms with van der Waals surface area (Å²) in [5.74, 6) is 0.290. The molecule has 2 aromatic rings. The first-order valence-electron chi connectivity index (χ1n) is 6.16. The van der Waals surface area contributed by atoms with Gasteiger partial charge in [0.05, 0.1) is 20.8 Å². The molecular weight excluding hydrogens is 258 g/mol. The van der Waals surface area contributed by atoms with E-state index in [0.717, 1.165) is 5.56 Å². The van der Waals surface area contributed by atoms with Crippen LogP contribution in [-0.2, 0) is 21.5 Å². The van der Waals surface area contributed by atoms with E-state index in [0.29, 0.717) is 12.3 Å². The lowest BCUT2D eigenvalue weighted by Crippen LogP contribution is -2.38. The molecule has 1 aromatic heterocycles. The molecule has 6 nitrogen and oxygen atoms in total. The molecule has 0 amide bonds. The number of benzene rings is 1. The van der Waals surface area contributed by atoms with Gasteiger partial charge in [0, 0.05) is 5.56 Å². The molecule has 106 valence electrons. The second-order valence-corrected chi connectivity index (χ2v) is 4.62. The third-order valence-corrected chi connectivity index (χ3v) is 3.28. The highest BCUT2D eigenvalue weighted by Crippen LogP contribution is 2.34. The third kappa shape index (κ3) is 2.49. The number of ether oxygens (including phenoxy) is 2. The van der Waals surface area contributed by atoms with E-state index in [4.69, 9.17) is 9.47 Å². The van der Waals surface area contributed by atoms with E-state index in [-0.39, 0.29) is 5.97 Å². The van der Waals surface area contributed by atoms with Crippen LogP contribution in [0.2, 0.25) is 0 Å². The zero-order chi connectivity index (χ0) is 14.6. The average Bonchev–Trinajstić information content (AvgIpc) is 2.98. The fraction of sp³-hybridized carbons (Fsp3) is 0.357.